The van der Waals surface area contributed by atoms with Crippen molar-refractivity contribution in [3.63, 3.8) is 0 Å². The van der Waals surface area contributed by atoms with Gasteiger partial charge in [0.2, 0.25) is 0 Å². The Balaban J connectivity index is -0.0000000800. The van der Waals surface area contributed by atoms with E-state index in [1.54, 1.807) is 0 Å². The third kappa shape index (κ3) is 70.1. The second-order valence-corrected chi connectivity index (χ2v) is 2.55. The summed E-state index contributed by atoms with van der Waals surface area (Å²) < 4.78 is 25.3. The van der Waals surface area contributed by atoms with Crippen LogP contribution in [0.15, 0.2) is 0 Å². The molecule has 0 saturated carbocycles. The zero-order chi connectivity index (χ0) is 4.50. The molecule has 7 heteroatoms. The molecule has 0 aliphatic rings. The van der Waals surface area contributed by atoms with Gasteiger partial charge in [-0.2, -0.15) is 0 Å². The molecular weight excluding hydrogens is 263 g/mol. The van der Waals surface area contributed by atoms with Crippen molar-refractivity contribution in [1.82, 2.24) is 0 Å². The van der Waals surface area contributed by atoms with Gasteiger partial charge in [0.05, 0.1) is 0 Å². The fraction of sp³-hybridized carbons (Fsp3) is 0. The monoisotopic (exact) mass is 267 g/mol. The summed E-state index contributed by atoms with van der Waals surface area (Å²) in [5.74, 6) is 0. The maximum atomic E-state index is 9.00. The predicted molar refractivity (Wildman–Crippen MR) is 26.1 cm³/mol. The molecule has 0 aliphatic heterocycles. The van der Waals surface area contributed by atoms with Crippen LogP contribution >= 0.6 is 0 Å². The molecule has 0 heterocycles. The van der Waals surface area contributed by atoms with Crippen molar-refractivity contribution >= 4 is 44.5 Å². The average Bonchev–Trinajstić information content (AvgIpc) is 0.722. The van der Waals surface area contributed by atoms with Crippen molar-refractivity contribution in [2.45, 2.75) is 0 Å². The van der Waals surface area contributed by atoms with Crippen molar-refractivity contribution in [2.24, 2.45) is 0 Å². The molecular formula is H2NaO3S2Te. The number of hydrogen-bond donors (Lipinski definition) is 1. The van der Waals surface area contributed by atoms with Crippen molar-refractivity contribution in [3.8, 4) is 0 Å². The third-order valence-electron chi connectivity index (χ3n) is 0. The van der Waals surface area contributed by atoms with Gasteiger partial charge < -0.3 is 16.2 Å². The van der Waals surface area contributed by atoms with Gasteiger partial charge in [-0.05, 0) is 0 Å². The Morgan fingerprint density at radius 2 is 1.43 bits per heavy atom. The topological polar surface area (TPSA) is 54.4 Å². The van der Waals surface area contributed by atoms with E-state index >= 15 is 0 Å². The van der Waals surface area contributed by atoms with Crippen molar-refractivity contribution in [3.05, 3.63) is 0 Å². The van der Waals surface area contributed by atoms with Crippen LogP contribution in [0.25, 0.3) is 0 Å². The van der Waals surface area contributed by atoms with Crippen LogP contribution < -0.4 is 29.6 Å². The van der Waals surface area contributed by atoms with Crippen molar-refractivity contribution < 1.29 is 42.5 Å². The van der Waals surface area contributed by atoms with E-state index in [-0.39, 0.29) is 53.2 Å². The fourth-order valence-corrected chi connectivity index (χ4v) is 0. The zero-order valence-corrected chi connectivity index (χ0v) is 9.71. The first-order chi connectivity index (χ1) is 2.00. The van der Waals surface area contributed by atoms with Gasteiger partial charge in [-0.15, -0.1) is 0 Å². The van der Waals surface area contributed by atoms with Crippen molar-refractivity contribution in [2.75, 3.05) is 0 Å². The van der Waals surface area contributed by atoms with Gasteiger partial charge >= 0.3 is 53.2 Å². The molecule has 0 fully saturated rings. The molecule has 0 spiro atoms. The summed E-state index contributed by atoms with van der Waals surface area (Å²) in [7, 11) is -4.08. The summed E-state index contributed by atoms with van der Waals surface area (Å²) >= 11 is 3.35. The van der Waals surface area contributed by atoms with E-state index < -0.39 is 9.15 Å². The summed E-state index contributed by atoms with van der Waals surface area (Å²) in [5, 5.41) is 0. The second-order valence-electron chi connectivity index (χ2n) is 0.428. The Bertz CT molecular complexity index is 96.1. The predicted octanol–water partition coefficient (Wildman–Crippen LogP) is -4.31. The Labute approximate surface area is 85.8 Å². The molecule has 0 atom stereocenters. The normalized spacial score (nSPS) is 8.29. The maximum absolute atomic E-state index is 9.00. The molecule has 3 nitrogen and oxygen atoms in total. The molecule has 1 radical (unpaired) electrons. The number of hydrogen-bond acceptors (Lipinski definition) is 3. The van der Waals surface area contributed by atoms with Crippen molar-refractivity contribution in [1.29, 1.82) is 0 Å². The molecule has 0 aromatic heterocycles. The van der Waals surface area contributed by atoms with Gasteiger partial charge in [-0.25, -0.2) is 8.42 Å². The molecule has 1 N–H and O–H groups in total. The SMILES string of the molecule is O=S(=O)(O)[S-].[Na+].[TeH]. The summed E-state index contributed by atoms with van der Waals surface area (Å²) in [4.78, 5) is 0. The van der Waals surface area contributed by atoms with Crippen LogP contribution in [0.3, 0.4) is 0 Å². The minimum absolute atomic E-state index is 0. The summed E-state index contributed by atoms with van der Waals surface area (Å²) in [6, 6.07) is 0. The van der Waals surface area contributed by atoms with E-state index in [2.05, 4.69) is 11.7 Å². The Hall–Kier alpha value is 2.05. The van der Waals surface area contributed by atoms with E-state index in [1.807, 2.05) is 0 Å². The Morgan fingerprint density at radius 1 is 1.43 bits per heavy atom. The van der Waals surface area contributed by atoms with Crippen LogP contribution in [0.1, 0.15) is 0 Å². The molecule has 0 aliphatic carbocycles. The van der Waals surface area contributed by atoms with Crippen LogP contribution in [0.2, 0.25) is 0 Å². The molecule has 0 unspecified atom stereocenters. The van der Waals surface area contributed by atoms with Gasteiger partial charge in [0.25, 0.3) is 0 Å². The first-order valence-corrected chi connectivity index (χ1v) is 3.05. The van der Waals surface area contributed by atoms with Gasteiger partial charge in [0.1, 0.15) is 9.15 Å². The first kappa shape index (κ1) is 16.0. The molecule has 0 bridgehead atoms. The van der Waals surface area contributed by atoms with E-state index in [9.17, 15) is 0 Å². The molecule has 0 amide bonds. The first-order valence-electron chi connectivity index (χ1n) is 0.683. The van der Waals surface area contributed by atoms with E-state index in [4.69, 9.17) is 13.0 Å². The van der Waals surface area contributed by atoms with Crippen LogP contribution in [0.5, 0.6) is 0 Å². The minimum atomic E-state index is -4.08. The summed E-state index contributed by atoms with van der Waals surface area (Å²) in [6.07, 6.45) is 0. The van der Waals surface area contributed by atoms with Crippen LogP contribution in [0, 0.1) is 0 Å². The molecule has 7 heavy (non-hydrogen) atoms. The molecule has 0 aromatic carbocycles. The van der Waals surface area contributed by atoms with E-state index in [1.165, 1.54) is 0 Å². The quantitative estimate of drug-likeness (QED) is 0.208. The summed E-state index contributed by atoms with van der Waals surface area (Å²) in [6.45, 7) is 0. The molecule has 0 aromatic rings. The van der Waals surface area contributed by atoms with Gasteiger partial charge in [0, 0.05) is 0 Å². The zero-order valence-electron chi connectivity index (χ0n) is 3.53. The van der Waals surface area contributed by atoms with Gasteiger partial charge in [-0.1, -0.05) is 0 Å². The molecule has 0 saturated heterocycles. The Kier molecular flexibility index (Phi) is 14.1. The van der Waals surface area contributed by atoms with Gasteiger partial charge in [-0.3, -0.25) is 0 Å². The third-order valence-corrected chi connectivity index (χ3v) is 0. The van der Waals surface area contributed by atoms with E-state index in [0.717, 1.165) is 0 Å². The second kappa shape index (κ2) is 6.17. The fourth-order valence-electron chi connectivity index (χ4n) is 0. The van der Waals surface area contributed by atoms with Crippen LogP contribution in [-0.4, -0.2) is 36.6 Å². The average molecular weight is 265 g/mol. The molecule has 0 rings (SSSR count). The van der Waals surface area contributed by atoms with Gasteiger partial charge in [0.15, 0.2) is 0 Å². The molecule has 39 valence electrons. The summed E-state index contributed by atoms with van der Waals surface area (Å²) in [5.41, 5.74) is 0. The van der Waals surface area contributed by atoms with Crippen LogP contribution in [0.4, 0.5) is 0 Å². The van der Waals surface area contributed by atoms with E-state index in [0.29, 0.717) is 0 Å². The Morgan fingerprint density at radius 3 is 1.43 bits per heavy atom. The standard InChI is InChI=1S/Na.H2O3S2.HTe/c;1-5(2,3)4;/h;(H2,1,2,3,4);1H/q+1;;/p-1. The number of rotatable bonds is 0. The van der Waals surface area contributed by atoms with Crippen LogP contribution in [-0.2, 0) is 20.8 Å².